The SMILES string of the molecule is CN(C)C(=O)CN1CCC(NC2CC2)CC1. The first-order valence-electron chi connectivity index (χ1n) is 6.33. The van der Waals surface area contributed by atoms with E-state index in [0.717, 1.165) is 19.1 Å². The molecule has 0 radical (unpaired) electrons. The normalized spacial score (nSPS) is 23.4. The van der Waals surface area contributed by atoms with Crippen LogP contribution >= 0.6 is 0 Å². The fourth-order valence-electron chi connectivity index (χ4n) is 2.17. The van der Waals surface area contributed by atoms with Gasteiger partial charge in [-0.25, -0.2) is 0 Å². The largest absolute Gasteiger partial charge is 0.348 e. The third-order valence-electron chi connectivity index (χ3n) is 3.49. The molecule has 0 unspecified atom stereocenters. The van der Waals surface area contributed by atoms with Crippen LogP contribution in [0.2, 0.25) is 0 Å². The van der Waals surface area contributed by atoms with Crippen LogP contribution in [0.1, 0.15) is 25.7 Å². The van der Waals surface area contributed by atoms with Crippen LogP contribution in [0.3, 0.4) is 0 Å². The van der Waals surface area contributed by atoms with Crippen LogP contribution in [0.15, 0.2) is 0 Å². The predicted octanol–water partition coefficient (Wildman–Crippen LogP) is 0.291. The maximum atomic E-state index is 11.5. The van der Waals surface area contributed by atoms with Gasteiger partial charge < -0.3 is 10.2 Å². The molecule has 0 atom stereocenters. The van der Waals surface area contributed by atoms with Crippen molar-refractivity contribution in [1.82, 2.24) is 15.1 Å². The zero-order valence-electron chi connectivity index (χ0n) is 10.4. The summed E-state index contributed by atoms with van der Waals surface area (Å²) in [6, 6.07) is 1.50. The maximum Gasteiger partial charge on any atom is 0.236 e. The Bertz CT molecular complexity index is 243. The van der Waals surface area contributed by atoms with E-state index in [1.54, 1.807) is 4.90 Å². The molecule has 1 saturated carbocycles. The summed E-state index contributed by atoms with van der Waals surface area (Å²) < 4.78 is 0. The first kappa shape index (κ1) is 11.9. The molecule has 2 fully saturated rings. The number of rotatable bonds is 4. The molecule has 0 aromatic rings. The second-order valence-electron chi connectivity index (χ2n) is 5.28. The van der Waals surface area contributed by atoms with E-state index in [-0.39, 0.29) is 5.91 Å². The molecule has 1 saturated heterocycles. The average molecular weight is 225 g/mol. The van der Waals surface area contributed by atoms with Gasteiger partial charge in [0.1, 0.15) is 0 Å². The second kappa shape index (κ2) is 5.15. The lowest BCUT2D eigenvalue weighted by Crippen LogP contribution is -2.46. The van der Waals surface area contributed by atoms with E-state index < -0.39 is 0 Å². The highest BCUT2D eigenvalue weighted by molar-refractivity contribution is 5.77. The van der Waals surface area contributed by atoms with Crippen molar-refractivity contribution in [3.63, 3.8) is 0 Å². The van der Waals surface area contributed by atoms with E-state index in [1.807, 2.05) is 14.1 Å². The topological polar surface area (TPSA) is 35.6 Å². The second-order valence-corrected chi connectivity index (χ2v) is 5.28. The molecule has 92 valence electrons. The van der Waals surface area contributed by atoms with Gasteiger partial charge >= 0.3 is 0 Å². The smallest absolute Gasteiger partial charge is 0.236 e. The third kappa shape index (κ3) is 3.46. The Morgan fingerprint density at radius 2 is 1.75 bits per heavy atom. The molecule has 1 aliphatic heterocycles. The number of likely N-dealkylation sites (tertiary alicyclic amines) is 1. The van der Waals surface area contributed by atoms with Crippen molar-refractivity contribution in [3.05, 3.63) is 0 Å². The number of hydrogen-bond acceptors (Lipinski definition) is 3. The van der Waals surface area contributed by atoms with Crippen LogP contribution in [-0.2, 0) is 4.79 Å². The molecule has 2 rings (SSSR count). The summed E-state index contributed by atoms with van der Waals surface area (Å²) >= 11 is 0. The zero-order valence-corrected chi connectivity index (χ0v) is 10.4. The molecule has 0 bridgehead atoms. The van der Waals surface area contributed by atoms with E-state index in [9.17, 15) is 4.79 Å². The van der Waals surface area contributed by atoms with Crippen molar-refractivity contribution in [1.29, 1.82) is 0 Å². The van der Waals surface area contributed by atoms with E-state index in [1.165, 1.54) is 25.7 Å². The zero-order chi connectivity index (χ0) is 11.5. The summed E-state index contributed by atoms with van der Waals surface area (Å²) in [7, 11) is 3.65. The minimum atomic E-state index is 0.216. The quantitative estimate of drug-likeness (QED) is 0.747. The van der Waals surface area contributed by atoms with Gasteiger partial charge in [-0.15, -0.1) is 0 Å². The molecule has 4 heteroatoms. The molecule has 1 amide bonds. The van der Waals surface area contributed by atoms with Crippen LogP contribution in [0.5, 0.6) is 0 Å². The Balaban J connectivity index is 1.66. The Morgan fingerprint density at radius 3 is 2.25 bits per heavy atom. The van der Waals surface area contributed by atoms with Crippen molar-refractivity contribution in [2.24, 2.45) is 0 Å². The Kier molecular flexibility index (Phi) is 3.82. The molecule has 0 spiro atoms. The first-order chi connectivity index (χ1) is 7.65. The Hall–Kier alpha value is -0.610. The van der Waals surface area contributed by atoms with Crippen molar-refractivity contribution in [3.8, 4) is 0 Å². The predicted molar refractivity (Wildman–Crippen MR) is 64.3 cm³/mol. The van der Waals surface area contributed by atoms with E-state index in [4.69, 9.17) is 0 Å². The fourth-order valence-corrected chi connectivity index (χ4v) is 2.17. The molecule has 16 heavy (non-hydrogen) atoms. The van der Waals surface area contributed by atoms with Gasteiger partial charge in [-0.2, -0.15) is 0 Å². The number of likely N-dealkylation sites (N-methyl/N-ethyl adjacent to an activating group) is 1. The Labute approximate surface area is 98.0 Å². The van der Waals surface area contributed by atoms with E-state index in [0.29, 0.717) is 12.6 Å². The molecule has 1 heterocycles. The molecule has 4 nitrogen and oxygen atoms in total. The lowest BCUT2D eigenvalue weighted by Gasteiger charge is -2.32. The fraction of sp³-hybridized carbons (Fsp3) is 0.917. The van der Waals surface area contributed by atoms with Gasteiger partial charge in [0, 0.05) is 39.3 Å². The van der Waals surface area contributed by atoms with Crippen LogP contribution in [0.25, 0.3) is 0 Å². The van der Waals surface area contributed by atoms with Crippen LogP contribution < -0.4 is 5.32 Å². The molecule has 2 aliphatic rings. The van der Waals surface area contributed by atoms with E-state index in [2.05, 4.69) is 10.2 Å². The highest BCUT2D eigenvalue weighted by atomic mass is 16.2. The van der Waals surface area contributed by atoms with Gasteiger partial charge in [0.05, 0.1) is 6.54 Å². The molecular formula is C12H23N3O. The number of piperidine rings is 1. The van der Waals surface area contributed by atoms with Gasteiger partial charge in [-0.1, -0.05) is 0 Å². The van der Waals surface area contributed by atoms with Gasteiger partial charge in [0.2, 0.25) is 5.91 Å². The minimum absolute atomic E-state index is 0.216. The number of nitrogens with zero attached hydrogens (tertiary/aromatic N) is 2. The van der Waals surface area contributed by atoms with Crippen molar-refractivity contribution >= 4 is 5.91 Å². The molecule has 0 aromatic carbocycles. The summed E-state index contributed by atoms with van der Waals surface area (Å²) in [5.41, 5.74) is 0. The number of nitrogens with one attached hydrogen (secondary N) is 1. The van der Waals surface area contributed by atoms with Crippen molar-refractivity contribution in [2.75, 3.05) is 33.7 Å². The third-order valence-corrected chi connectivity index (χ3v) is 3.49. The van der Waals surface area contributed by atoms with Crippen molar-refractivity contribution < 1.29 is 4.79 Å². The van der Waals surface area contributed by atoms with Crippen LogP contribution in [-0.4, -0.2) is 61.5 Å². The summed E-state index contributed by atoms with van der Waals surface area (Å²) in [4.78, 5) is 15.5. The standard InChI is InChI=1S/C12H23N3O/c1-14(2)12(16)9-15-7-5-11(6-8-15)13-10-3-4-10/h10-11,13H,3-9H2,1-2H3. The van der Waals surface area contributed by atoms with Crippen LogP contribution in [0.4, 0.5) is 0 Å². The van der Waals surface area contributed by atoms with Gasteiger partial charge in [-0.05, 0) is 25.7 Å². The highest BCUT2D eigenvalue weighted by Crippen LogP contribution is 2.22. The van der Waals surface area contributed by atoms with E-state index >= 15 is 0 Å². The minimum Gasteiger partial charge on any atom is -0.348 e. The molecule has 0 aromatic heterocycles. The summed E-state index contributed by atoms with van der Waals surface area (Å²) in [5.74, 6) is 0.216. The van der Waals surface area contributed by atoms with Gasteiger partial charge in [0.15, 0.2) is 0 Å². The lowest BCUT2D eigenvalue weighted by molar-refractivity contribution is -0.130. The molecule has 1 N–H and O–H groups in total. The number of amides is 1. The van der Waals surface area contributed by atoms with Crippen molar-refractivity contribution in [2.45, 2.75) is 37.8 Å². The summed E-state index contributed by atoms with van der Waals surface area (Å²) in [6.45, 7) is 2.71. The number of carbonyl (C=O) groups is 1. The summed E-state index contributed by atoms with van der Waals surface area (Å²) in [6.07, 6.45) is 5.10. The maximum absolute atomic E-state index is 11.5. The average Bonchev–Trinajstić information content (AvgIpc) is 3.04. The first-order valence-corrected chi connectivity index (χ1v) is 6.33. The van der Waals surface area contributed by atoms with Crippen LogP contribution in [0, 0.1) is 0 Å². The molecular weight excluding hydrogens is 202 g/mol. The molecule has 1 aliphatic carbocycles. The number of hydrogen-bond donors (Lipinski definition) is 1. The Morgan fingerprint density at radius 1 is 1.19 bits per heavy atom. The summed E-state index contributed by atoms with van der Waals surface area (Å²) in [5, 5.41) is 3.67. The van der Waals surface area contributed by atoms with Gasteiger partial charge in [-0.3, -0.25) is 9.69 Å². The highest BCUT2D eigenvalue weighted by Gasteiger charge is 2.27. The lowest BCUT2D eigenvalue weighted by atomic mass is 10.0. The number of carbonyl (C=O) groups excluding carboxylic acids is 1. The monoisotopic (exact) mass is 225 g/mol. The van der Waals surface area contributed by atoms with Gasteiger partial charge in [0.25, 0.3) is 0 Å².